The maximum Gasteiger partial charge on any atom is 0.407 e. The van der Waals surface area contributed by atoms with Crippen LogP contribution in [-0.4, -0.2) is 24.8 Å². The number of carbonyl (C=O) groups is 1. The molecule has 1 aliphatic rings. The van der Waals surface area contributed by atoms with Gasteiger partial charge in [-0.15, -0.1) is 0 Å². The Morgan fingerprint density at radius 3 is 2.58 bits per heavy atom. The van der Waals surface area contributed by atoms with E-state index in [4.69, 9.17) is 4.74 Å². The number of hydrogen-bond acceptors (Lipinski definition) is 4. The number of anilines is 1. The van der Waals surface area contributed by atoms with Gasteiger partial charge in [0.1, 0.15) is 12.4 Å². The average molecular weight is 362 g/mol. The van der Waals surface area contributed by atoms with Gasteiger partial charge >= 0.3 is 12.7 Å². The molecule has 26 heavy (non-hydrogen) atoms. The van der Waals surface area contributed by atoms with E-state index in [0.717, 1.165) is 18.4 Å². The summed E-state index contributed by atoms with van der Waals surface area (Å²) in [5, 5.41) is 6.05. The fourth-order valence-electron chi connectivity index (χ4n) is 2.78. The summed E-state index contributed by atoms with van der Waals surface area (Å²) < 4.78 is 34.0. The van der Waals surface area contributed by atoms with Crippen LogP contribution in [0.5, 0.6) is 5.75 Å². The average Bonchev–Trinajstić information content (AvgIpc) is 2.59. The molecule has 0 bridgehead atoms. The highest BCUT2D eigenvalue weighted by molar-refractivity contribution is 5.67. The van der Waals surface area contributed by atoms with Gasteiger partial charge in [0.15, 0.2) is 0 Å². The number of alkyl carbamates (subject to hydrolysis) is 1. The molecule has 5 nitrogen and oxygen atoms in total. The van der Waals surface area contributed by atoms with Crippen molar-refractivity contribution in [2.24, 2.45) is 0 Å². The SMILES string of the molecule is O=C(NC1CC(Nc2cccc(OC(F)F)c2)C1)OCc1ccccc1. The Morgan fingerprint density at radius 1 is 1.08 bits per heavy atom. The molecular formula is C19H20F2N2O3. The first-order valence-electron chi connectivity index (χ1n) is 8.37. The van der Waals surface area contributed by atoms with Gasteiger partial charge in [0.05, 0.1) is 0 Å². The lowest BCUT2D eigenvalue weighted by Crippen LogP contribution is -2.49. The van der Waals surface area contributed by atoms with Crippen LogP contribution in [0.2, 0.25) is 0 Å². The molecule has 1 saturated carbocycles. The predicted molar refractivity (Wildman–Crippen MR) is 93.3 cm³/mol. The van der Waals surface area contributed by atoms with Crippen LogP contribution < -0.4 is 15.4 Å². The predicted octanol–water partition coefficient (Wildman–Crippen LogP) is 4.16. The molecule has 3 rings (SSSR count). The molecule has 1 fully saturated rings. The van der Waals surface area contributed by atoms with Crippen LogP contribution in [0.15, 0.2) is 54.6 Å². The number of halogens is 2. The Kier molecular flexibility index (Phi) is 5.88. The van der Waals surface area contributed by atoms with Crippen LogP contribution in [0, 0.1) is 0 Å². The Labute approximate surface area is 150 Å². The largest absolute Gasteiger partial charge is 0.445 e. The number of hydrogen-bond donors (Lipinski definition) is 2. The lowest BCUT2D eigenvalue weighted by atomic mass is 9.86. The Morgan fingerprint density at radius 2 is 1.85 bits per heavy atom. The second-order valence-corrected chi connectivity index (χ2v) is 6.12. The van der Waals surface area contributed by atoms with E-state index in [1.165, 1.54) is 12.1 Å². The van der Waals surface area contributed by atoms with E-state index in [1.807, 2.05) is 30.3 Å². The number of alkyl halides is 2. The summed E-state index contributed by atoms with van der Waals surface area (Å²) in [6, 6.07) is 16.1. The molecule has 0 unspecified atom stereocenters. The maximum absolute atomic E-state index is 12.2. The minimum absolute atomic E-state index is 0.0382. The lowest BCUT2D eigenvalue weighted by molar-refractivity contribution is -0.0498. The van der Waals surface area contributed by atoms with E-state index in [-0.39, 0.29) is 24.4 Å². The summed E-state index contributed by atoms with van der Waals surface area (Å²) in [4.78, 5) is 11.8. The molecule has 0 heterocycles. The molecule has 0 aromatic heterocycles. The second-order valence-electron chi connectivity index (χ2n) is 6.12. The minimum atomic E-state index is -2.84. The summed E-state index contributed by atoms with van der Waals surface area (Å²) in [7, 11) is 0. The molecule has 0 atom stereocenters. The number of ether oxygens (including phenoxy) is 2. The first-order chi connectivity index (χ1) is 12.6. The highest BCUT2D eigenvalue weighted by Crippen LogP contribution is 2.26. The van der Waals surface area contributed by atoms with Gasteiger partial charge in [0, 0.05) is 23.8 Å². The number of benzene rings is 2. The van der Waals surface area contributed by atoms with Crippen molar-refractivity contribution < 1.29 is 23.0 Å². The second kappa shape index (κ2) is 8.51. The fourth-order valence-corrected chi connectivity index (χ4v) is 2.78. The molecule has 0 radical (unpaired) electrons. The zero-order valence-electron chi connectivity index (χ0n) is 14.0. The third kappa shape index (κ3) is 5.34. The molecule has 1 amide bonds. The Balaban J connectivity index is 1.37. The molecule has 0 spiro atoms. The summed E-state index contributed by atoms with van der Waals surface area (Å²) in [6.45, 7) is -2.61. The number of nitrogens with one attached hydrogen (secondary N) is 2. The van der Waals surface area contributed by atoms with Crippen LogP contribution >= 0.6 is 0 Å². The lowest BCUT2D eigenvalue weighted by Gasteiger charge is -2.36. The zero-order valence-corrected chi connectivity index (χ0v) is 14.0. The number of carbonyl (C=O) groups excluding carboxylic acids is 1. The fraction of sp³-hybridized carbons (Fsp3) is 0.316. The van der Waals surface area contributed by atoms with E-state index in [9.17, 15) is 13.6 Å². The normalized spacial score (nSPS) is 18.7. The van der Waals surface area contributed by atoms with Crippen molar-refractivity contribution in [1.82, 2.24) is 5.32 Å². The quantitative estimate of drug-likeness (QED) is 0.777. The molecule has 7 heteroatoms. The van der Waals surface area contributed by atoms with Crippen LogP contribution in [0.25, 0.3) is 0 Å². The third-order valence-electron chi connectivity index (χ3n) is 4.10. The van der Waals surface area contributed by atoms with Gasteiger partial charge in [-0.05, 0) is 30.5 Å². The Hall–Kier alpha value is -2.83. The van der Waals surface area contributed by atoms with E-state index in [0.29, 0.717) is 5.69 Å². The van der Waals surface area contributed by atoms with Gasteiger partial charge in [-0.25, -0.2) is 4.79 Å². The molecule has 2 N–H and O–H groups in total. The highest BCUT2D eigenvalue weighted by Gasteiger charge is 2.30. The molecule has 138 valence electrons. The molecule has 1 aliphatic carbocycles. The summed E-state index contributed by atoms with van der Waals surface area (Å²) in [6.07, 6.45) is 1.03. The molecular weight excluding hydrogens is 342 g/mol. The van der Waals surface area contributed by atoms with E-state index in [1.54, 1.807) is 12.1 Å². The number of amides is 1. The van der Waals surface area contributed by atoms with Crippen molar-refractivity contribution in [3.05, 3.63) is 60.2 Å². The molecule has 2 aromatic carbocycles. The van der Waals surface area contributed by atoms with Gasteiger partial charge in [-0.2, -0.15) is 8.78 Å². The van der Waals surface area contributed by atoms with Gasteiger partial charge in [0.25, 0.3) is 0 Å². The molecule has 2 aromatic rings. The van der Waals surface area contributed by atoms with Crippen molar-refractivity contribution in [3.8, 4) is 5.75 Å². The highest BCUT2D eigenvalue weighted by atomic mass is 19.3. The first kappa shape index (κ1) is 18.0. The van der Waals surface area contributed by atoms with E-state index < -0.39 is 12.7 Å². The van der Waals surface area contributed by atoms with Crippen LogP contribution in [0.3, 0.4) is 0 Å². The minimum Gasteiger partial charge on any atom is -0.445 e. The standard InChI is InChI=1S/C19H20F2N2O3/c20-18(21)26-17-8-4-7-14(11-17)22-15-9-16(10-15)23-19(24)25-12-13-5-2-1-3-6-13/h1-8,11,15-16,18,22H,9-10,12H2,(H,23,24). The van der Waals surface area contributed by atoms with Crippen molar-refractivity contribution in [2.45, 2.75) is 38.1 Å². The topological polar surface area (TPSA) is 59.6 Å². The van der Waals surface area contributed by atoms with Crippen molar-refractivity contribution in [1.29, 1.82) is 0 Å². The smallest absolute Gasteiger partial charge is 0.407 e. The number of rotatable bonds is 7. The Bertz CT molecular complexity index is 722. The van der Waals surface area contributed by atoms with Crippen molar-refractivity contribution in [3.63, 3.8) is 0 Å². The summed E-state index contributed by atoms with van der Waals surface area (Å²) in [5.41, 5.74) is 1.64. The monoisotopic (exact) mass is 362 g/mol. The van der Waals surface area contributed by atoms with Gasteiger partial charge < -0.3 is 20.1 Å². The van der Waals surface area contributed by atoms with Crippen LogP contribution in [0.4, 0.5) is 19.3 Å². The summed E-state index contributed by atoms with van der Waals surface area (Å²) >= 11 is 0. The van der Waals surface area contributed by atoms with Gasteiger partial charge in [-0.3, -0.25) is 0 Å². The van der Waals surface area contributed by atoms with Crippen LogP contribution in [0.1, 0.15) is 18.4 Å². The van der Waals surface area contributed by atoms with E-state index >= 15 is 0 Å². The van der Waals surface area contributed by atoms with E-state index in [2.05, 4.69) is 15.4 Å². The third-order valence-corrected chi connectivity index (χ3v) is 4.10. The van der Waals surface area contributed by atoms with Crippen molar-refractivity contribution in [2.75, 3.05) is 5.32 Å². The van der Waals surface area contributed by atoms with Crippen LogP contribution in [-0.2, 0) is 11.3 Å². The molecule has 0 aliphatic heterocycles. The van der Waals surface area contributed by atoms with Gasteiger partial charge in [-0.1, -0.05) is 36.4 Å². The molecule has 0 saturated heterocycles. The van der Waals surface area contributed by atoms with Gasteiger partial charge in [0.2, 0.25) is 0 Å². The van der Waals surface area contributed by atoms with Crippen molar-refractivity contribution >= 4 is 11.8 Å². The first-order valence-corrected chi connectivity index (χ1v) is 8.37. The maximum atomic E-state index is 12.2. The zero-order chi connectivity index (χ0) is 18.4. The summed E-state index contributed by atoms with van der Waals surface area (Å²) in [5.74, 6) is 0.114.